The lowest BCUT2D eigenvalue weighted by atomic mass is 10.1. The number of carbonyl (C=O) groups excluding carboxylic acids is 2. The average molecular weight is 571 g/mol. The van der Waals surface area contributed by atoms with E-state index in [0.29, 0.717) is 34.4 Å². The van der Waals surface area contributed by atoms with Crippen LogP contribution in [0, 0.1) is 0 Å². The molecule has 2 aliphatic heterocycles. The summed E-state index contributed by atoms with van der Waals surface area (Å²) >= 11 is 2.99. The molecule has 0 aliphatic carbocycles. The van der Waals surface area contributed by atoms with Gasteiger partial charge in [0, 0.05) is 30.6 Å². The van der Waals surface area contributed by atoms with Crippen molar-refractivity contribution in [2.75, 3.05) is 25.5 Å². The maximum atomic E-state index is 14.0. The maximum Gasteiger partial charge on any atom is 0.269 e. The molecule has 1 N–H and O–H groups in total. The molecule has 0 saturated carbocycles. The first-order valence-corrected chi connectivity index (χ1v) is 14.7. The van der Waals surface area contributed by atoms with E-state index < -0.39 is 0 Å². The molecule has 0 radical (unpaired) electrons. The summed E-state index contributed by atoms with van der Waals surface area (Å²) in [7, 11) is 2.01. The Morgan fingerprint density at radius 3 is 2.52 bits per heavy atom. The molecule has 40 heavy (non-hydrogen) atoms. The van der Waals surface area contributed by atoms with Crippen molar-refractivity contribution >= 4 is 57.5 Å². The molecule has 4 rings (SSSR count). The number of ketones is 1. The number of thioether (sulfide) groups is 2. The number of amidine groups is 1. The molecule has 2 aliphatic rings. The number of rotatable bonds is 9. The van der Waals surface area contributed by atoms with Crippen LogP contribution in [0.5, 0.6) is 0 Å². The van der Waals surface area contributed by atoms with Gasteiger partial charge in [-0.1, -0.05) is 78.5 Å². The van der Waals surface area contributed by atoms with Crippen LogP contribution in [-0.4, -0.2) is 46.8 Å². The Labute approximate surface area is 245 Å². The predicted molar refractivity (Wildman–Crippen MR) is 172 cm³/mol. The summed E-state index contributed by atoms with van der Waals surface area (Å²) in [6.07, 6.45) is 7.45. The van der Waals surface area contributed by atoms with Gasteiger partial charge in [-0.25, -0.2) is 4.99 Å². The monoisotopic (exact) mass is 570 g/mol. The van der Waals surface area contributed by atoms with Crippen LogP contribution < -0.4 is 5.32 Å². The minimum atomic E-state index is -0.0895. The molecule has 8 heteroatoms. The van der Waals surface area contributed by atoms with Crippen LogP contribution in [0.1, 0.15) is 43.6 Å². The lowest BCUT2D eigenvalue weighted by Gasteiger charge is -2.19. The van der Waals surface area contributed by atoms with Crippen LogP contribution >= 0.6 is 23.5 Å². The topological polar surface area (TPSA) is 65.0 Å². The summed E-state index contributed by atoms with van der Waals surface area (Å²) in [5.74, 6) is -0.126. The fourth-order valence-corrected chi connectivity index (χ4v) is 6.74. The fraction of sp³-hybridized carbons (Fsp3) is 0.219. The van der Waals surface area contributed by atoms with E-state index in [1.807, 2.05) is 63.4 Å². The highest BCUT2D eigenvalue weighted by molar-refractivity contribution is 8.19. The fourth-order valence-electron chi connectivity index (χ4n) is 4.43. The molecule has 0 atom stereocenters. The molecule has 206 valence electrons. The van der Waals surface area contributed by atoms with E-state index in [0.717, 1.165) is 32.5 Å². The van der Waals surface area contributed by atoms with Crippen molar-refractivity contribution in [3.63, 3.8) is 0 Å². The molecule has 6 nitrogen and oxygen atoms in total. The third kappa shape index (κ3) is 6.35. The minimum absolute atomic E-state index is 0.0360. The second-order valence-electron chi connectivity index (χ2n) is 9.41. The SMILES string of the molecule is C=C/C=C\C=C(/C)CN1C(=O)/C(=C2/SC(C)=C(c3ccccc3)N2C)SC1=Nc1cc(C(C)=O)ccc1NCC. The van der Waals surface area contributed by atoms with Gasteiger partial charge in [0.1, 0.15) is 4.91 Å². The van der Waals surface area contributed by atoms with Gasteiger partial charge in [0.05, 0.1) is 22.1 Å². The highest BCUT2D eigenvalue weighted by atomic mass is 32.2. The van der Waals surface area contributed by atoms with Crippen LogP contribution in [0.15, 0.2) is 105 Å². The van der Waals surface area contributed by atoms with E-state index in [-0.39, 0.29) is 11.7 Å². The molecule has 1 saturated heterocycles. The highest BCUT2D eigenvalue weighted by Crippen LogP contribution is 2.49. The number of aliphatic imine (C=N–C) groups is 1. The largest absolute Gasteiger partial charge is 0.384 e. The Kier molecular flexibility index (Phi) is 9.55. The van der Waals surface area contributed by atoms with Crippen molar-refractivity contribution in [2.45, 2.75) is 27.7 Å². The van der Waals surface area contributed by atoms with Gasteiger partial charge in [0.2, 0.25) is 0 Å². The lowest BCUT2D eigenvalue weighted by Crippen LogP contribution is -2.31. The number of nitrogens with one attached hydrogen (secondary N) is 1. The number of Topliss-reactive ketones (excluding diaryl/α,β-unsaturated/α-hetero) is 1. The quantitative estimate of drug-likeness (QED) is 0.188. The summed E-state index contributed by atoms with van der Waals surface area (Å²) in [5, 5.41) is 4.79. The smallest absolute Gasteiger partial charge is 0.269 e. The third-order valence-electron chi connectivity index (χ3n) is 6.35. The average Bonchev–Trinajstić information content (AvgIpc) is 3.39. The molecule has 0 aromatic heterocycles. The number of anilines is 1. The molecular weight excluding hydrogens is 537 g/mol. The van der Waals surface area contributed by atoms with Gasteiger partial charge < -0.3 is 10.2 Å². The minimum Gasteiger partial charge on any atom is -0.384 e. The standard InChI is InChI=1S/C32H34N4O2S2/c1-7-9-11-14-21(3)20-36-30(38)29(31-35(6)28(23(5)39-31)24-15-12-10-13-16-24)40-32(36)34-27-19-25(22(4)37)17-18-26(27)33-8-2/h7,9-19,33H,1,8,20H2,2-6H3/b11-9-,21-14+,31-29-,34-32?. The molecule has 2 aromatic rings. The number of amides is 1. The first-order chi connectivity index (χ1) is 19.2. The van der Waals surface area contributed by atoms with Crippen molar-refractivity contribution in [1.29, 1.82) is 0 Å². The molecular formula is C32H34N4O2S2. The van der Waals surface area contributed by atoms with Crippen LogP contribution in [0.3, 0.4) is 0 Å². The van der Waals surface area contributed by atoms with Crippen LogP contribution in [0.2, 0.25) is 0 Å². The zero-order valence-electron chi connectivity index (χ0n) is 23.5. The van der Waals surface area contributed by atoms with Crippen molar-refractivity contribution in [3.05, 3.63) is 111 Å². The van der Waals surface area contributed by atoms with Gasteiger partial charge in [0.15, 0.2) is 11.0 Å². The Hall–Kier alpha value is -3.75. The van der Waals surface area contributed by atoms with E-state index >= 15 is 0 Å². The number of hydrogen-bond donors (Lipinski definition) is 1. The number of carbonyl (C=O) groups is 2. The third-order valence-corrected chi connectivity index (χ3v) is 8.72. The first-order valence-electron chi connectivity index (χ1n) is 13.1. The Bertz CT molecular complexity index is 1490. The van der Waals surface area contributed by atoms with E-state index in [4.69, 9.17) is 4.99 Å². The van der Waals surface area contributed by atoms with E-state index in [1.54, 1.807) is 41.8 Å². The molecule has 1 fully saturated rings. The summed E-state index contributed by atoms with van der Waals surface area (Å²) in [5.41, 5.74) is 5.21. The van der Waals surface area contributed by atoms with E-state index in [2.05, 4.69) is 35.9 Å². The zero-order valence-corrected chi connectivity index (χ0v) is 25.2. The Morgan fingerprint density at radius 2 is 1.85 bits per heavy atom. The van der Waals surface area contributed by atoms with Crippen molar-refractivity contribution in [3.8, 4) is 0 Å². The predicted octanol–water partition coefficient (Wildman–Crippen LogP) is 7.81. The molecule has 2 heterocycles. The second-order valence-corrected chi connectivity index (χ2v) is 11.6. The summed E-state index contributed by atoms with van der Waals surface area (Å²) in [4.78, 5) is 36.7. The summed E-state index contributed by atoms with van der Waals surface area (Å²) < 4.78 is 0. The van der Waals surface area contributed by atoms with Gasteiger partial charge >= 0.3 is 0 Å². The van der Waals surface area contributed by atoms with Gasteiger partial charge in [-0.3, -0.25) is 14.5 Å². The van der Waals surface area contributed by atoms with Crippen molar-refractivity contribution in [1.82, 2.24) is 9.80 Å². The van der Waals surface area contributed by atoms with Gasteiger partial charge in [-0.15, -0.1) is 0 Å². The Balaban J connectivity index is 1.79. The summed E-state index contributed by atoms with van der Waals surface area (Å²) in [6, 6.07) is 15.7. The van der Waals surface area contributed by atoms with Crippen molar-refractivity contribution in [2.24, 2.45) is 4.99 Å². The number of nitrogens with zero attached hydrogens (tertiary/aromatic N) is 3. The first kappa shape index (κ1) is 29.2. The van der Waals surface area contributed by atoms with Crippen molar-refractivity contribution < 1.29 is 9.59 Å². The summed E-state index contributed by atoms with van der Waals surface area (Å²) in [6.45, 7) is 12.4. The number of hydrogen-bond acceptors (Lipinski definition) is 7. The zero-order chi connectivity index (χ0) is 28.8. The second kappa shape index (κ2) is 13.1. The number of allylic oxidation sites excluding steroid dienone is 5. The van der Waals surface area contributed by atoms with Gasteiger partial charge in [-0.2, -0.15) is 0 Å². The van der Waals surface area contributed by atoms with Gasteiger partial charge in [0.25, 0.3) is 5.91 Å². The van der Waals surface area contributed by atoms with Gasteiger partial charge in [-0.05, 0) is 63.2 Å². The normalized spacial score (nSPS) is 19.0. The molecule has 0 bridgehead atoms. The Morgan fingerprint density at radius 1 is 1.10 bits per heavy atom. The van der Waals surface area contributed by atoms with Crippen LogP contribution in [0.25, 0.3) is 5.70 Å². The molecule has 0 unspecified atom stereocenters. The number of benzene rings is 2. The van der Waals surface area contributed by atoms with Crippen LogP contribution in [-0.2, 0) is 4.79 Å². The van der Waals surface area contributed by atoms with Crippen LogP contribution in [0.4, 0.5) is 11.4 Å². The van der Waals surface area contributed by atoms with E-state index in [1.165, 1.54) is 11.8 Å². The maximum absolute atomic E-state index is 14.0. The lowest BCUT2D eigenvalue weighted by molar-refractivity contribution is -0.122. The van der Waals surface area contributed by atoms with E-state index in [9.17, 15) is 9.59 Å². The molecule has 1 amide bonds. The highest BCUT2D eigenvalue weighted by Gasteiger charge is 2.39. The molecule has 2 aromatic carbocycles. The molecule has 0 spiro atoms.